The number of pyridine rings is 1. The van der Waals surface area contributed by atoms with Gasteiger partial charge in [0.1, 0.15) is 11.3 Å². The van der Waals surface area contributed by atoms with Gasteiger partial charge in [-0.15, -0.1) is 0 Å². The normalized spacial score (nSPS) is 13.9. The number of carbonyl (C=O) groups is 1. The first kappa shape index (κ1) is 23.6. The van der Waals surface area contributed by atoms with Crippen LogP contribution in [0.4, 0.5) is 8.78 Å². The van der Waals surface area contributed by atoms with Crippen LogP contribution in [0.2, 0.25) is 0 Å². The SMILES string of the molecule is COc1cc(=O)n2c(c1C(=O)NCCCn1ccnc1)CCN(Cc1ccc(F)c(F)c1)CC2. The molecule has 1 N–H and O–H groups in total. The number of carbonyl (C=O) groups excluding carboxylic acids is 1. The highest BCUT2D eigenvalue weighted by Gasteiger charge is 2.25. The maximum Gasteiger partial charge on any atom is 0.256 e. The fraction of sp³-hybridized carbons (Fsp3) is 0.375. The van der Waals surface area contributed by atoms with E-state index in [1.807, 2.05) is 10.8 Å². The Morgan fingerprint density at radius 2 is 2.03 bits per heavy atom. The third kappa shape index (κ3) is 5.33. The highest BCUT2D eigenvalue weighted by molar-refractivity contribution is 5.98. The molecule has 1 aromatic carbocycles. The lowest BCUT2D eigenvalue weighted by Crippen LogP contribution is -2.32. The number of ether oxygens (including phenoxy) is 1. The number of imidazole rings is 1. The van der Waals surface area contributed by atoms with Crippen LogP contribution in [0.5, 0.6) is 5.75 Å². The Balaban J connectivity index is 1.48. The summed E-state index contributed by atoms with van der Waals surface area (Å²) in [6, 6.07) is 5.19. The van der Waals surface area contributed by atoms with E-state index >= 15 is 0 Å². The molecule has 0 atom stereocenters. The van der Waals surface area contributed by atoms with Gasteiger partial charge < -0.3 is 19.2 Å². The van der Waals surface area contributed by atoms with Gasteiger partial charge in [0.2, 0.25) is 0 Å². The van der Waals surface area contributed by atoms with Gasteiger partial charge in [-0.25, -0.2) is 13.8 Å². The van der Waals surface area contributed by atoms with Gasteiger partial charge in [-0.3, -0.25) is 14.5 Å². The molecule has 0 saturated carbocycles. The van der Waals surface area contributed by atoms with Crippen molar-refractivity contribution in [2.24, 2.45) is 0 Å². The highest BCUT2D eigenvalue weighted by atomic mass is 19.2. The van der Waals surface area contributed by atoms with Crippen LogP contribution in [0.15, 0.2) is 47.8 Å². The molecule has 0 bridgehead atoms. The van der Waals surface area contributed by atoms with E-state index in [4.69, 9.17) is 4.74 Å². The predicted molar refractivity (Wildman–Crippen MR) is 122 cm³/mol. The fourth-order valence-electron chi connectivity index (χ4n) is 4.22. The minimum Gasteiger partial charge on any atom is -0.496 e. The Bertz CT molecular complexity index is 1210. The lowest BCUT2D eigenvalue weighted by Gasteiger charge is -2.19. The average molecular weight is 472 g/mol. The summed E-state index contributed by atoms with van der Waals surface area (Å²) in [5.41, 5.74) is 1.38. The molecule has 10 heteroatoms. The van der Waals surface area contributed by atoms with Crippen LogP contribution in [0.1, 0.15) is 28.0 Å². The molecule has 3 aromatic rings. The van der Waals surface area contributed by atoms with Crippen molar-refractivity contribution in [2.75, 3.05) is 26.7 Å². The molecular formula is C24H27F2N5O3. The Labute approximate surface area is 195 Å². The zero-order valence-electron chi connectivity index (χ0n) is 19.0. The summed E-state index contributed by atoms with van der Waals surface area (Å²) in [5, 5.41) is 2.93. The first-order chi connectivity index (χ1) is 16.5. The van der Waals surface area contributed by atoms with Crippen molar-refractivity contribution in [1.82, 2.24) is 24.3 Å². The van der Waals surface area contributed by atoms with Crippen LogP contribution in [-0.2, 0) is 26.1 Å². The molecule has 0 fully saturated rings. The molecular weight excluding hydrogens is 444 g/mol. The maximum atomic E-state index is 13.6. The molecule has 0 radical (unpaired) electrons. The third-order valence-corrected chi connectivity index (χ3v) is 5.96. The molecule has 1 aliphatic rings. The second-order valence-electron chi connectivity index (χ2n) is 8.21. The standard InChI is InChI=1S/C24H27F2N5O3/c1-34-21-14-22(32)31-12-11-29(15-17-3-4-18(25)19(26)13-17)9-5-20(31)23(21)24(33)28-6-2-8-30-10-7-27-16-30/h3-4,7,10,13-14,16H,2,5-6,8-9,11-12,15H2,1H3,(H,28,33). The summed E-state index contributed by atoms with van der Waals surface area (Å²) in [4.78, 5) is 31.9. The van der Waals surface area contributed by atoms with Gasteiger partial charge in [0, 0.05) is 69.8 Å². The molecule has 3 heterocycles. The number of halogens is 2. The first-order valence-electron chi connectivity index (χ1n) is 11.2. The second-order valence-corrected chi connectivity index (χ2v) is 8.21. The van der Waals surface area contributed by atoms with Crippen LogP contribution < -0.4 is 15.6 Å². The van der Waals surface area contributed by atoms with Gasteiger partial charge in [-0.2, -0.15) is 0 Å². The number of aryl methyl sites for hydroxylation is 1. The molecule has 180 valence electrons. The van der Waals surface area contributed by atoms with E-state index in [0.29, 0.717) is 56.0 Å². The molecule has 2 aromatic heterocycles. The Morgan fingerprint density at radius 1 is 1.18 bits per heavy atom. The van der Waals surface area contributed by atoms with Crippen LogP contribution in [0.3, 0.4) is 0 Å². The topological polar surface area (TPSA) is 81.4 Å². The van der Waals surface area contributed by atoms with E-state index in [2.05, 4.69) is 15.2 Å². The molecule has 0 saturated heterocycles. The monoisotopic (exact) mass is 471 g/mol. The molecule has 1 amide bonds. The number of hydrogen-bond donors (Lipinski definition) is 1. The average Bonchev–Trinajstić information content (AvgIpc) is 3.26. The number of hydrogen-bond acceptors (Lipinski definition) is 5. The fourth-order valence-corrected chi connectivity index (χ4v) is 4.22. The van der Waals surface area contributed by atoms with E-state index in [-0.39, 0.29) is 17.2 Å². The number of benzene rings is 1. The lowest BCUT2D eigenvalue weighted by molar-refractivity contribution is 0.0947. The molecule has 0 unspecified atom stereocenters. The van der Waals surface area contributed by atoms with Crippen molar-refractivity contribution in [2.45, 2.75) is 32.5 Å². The summed E-state index contributed by atoms with van der Waals surface area (Å²) >= 11 is 0. The number of methoxy groups -OCH3 is 1. The van der Waals surface area contributed by atoms with Crippen molar-refractivity contribution in [3.05, 3.63) is 81.8 Å². The van der Waals surface area contributed by atoms with E-state index in [1.165, 1.54) is 19.2 Å². The van der Waals surface area contributed by atoms with Gasteiger partial charge in [-0.05, 0) is 24.1 Å². The minimum absolute atomic E-state index is 0.238. The number of fused-ring (bicyclic) bond motifs is 1. The highest BCUT2D eigenvalue weighted by Crippen LogP contribution is 2.23. The van der Waals surface area contributed by atoms with Gasteiger partial charge in [0.05, 0.1) is 13.4 Å². The minimum atomic E-state index is -0.886. The van der Waals surface area contributed by atoms with Crippen molar-refractivity contribution < 1.29 is 18.3 Å². The summed E-state index contributed by atoms with van der Waals surface area (Å²) in [6.45, 7) is 3.05. The van der Waals surface area contributed by atoms with Crippen LogP contribution in [-0.4, -0.2) is 51.7 Å². The Morgan fingerprint density at radius 3 is 2.76 bits per heavy atom. The third-order valence-electron chi connectivity index (χ3n) is 5.96. The molecule has 34 heavy (non-hydrogen) atoms. The summed E-state index contributed by atoms with van der Waals surface area (Å²) in [7, 11) is 1.44. The quantitative estimate of drug-likeness (QED) is 0.510. The summed E-state index contributed by atoms with van der Waals surface area (Å²) in [6.07, 6.45) is 6.45. The van der Waals surface area contributed by atoms with Gasteiger partial charge in [0.25, 0.3) is 11.5 Å². The first-order valence-corrected chi connectivity index (χ1v) is 11.2. The number of rotatable bonds is 8. The number of amides is 1. The van der Waals surface area contributed by atoms with E-state index < -0.39 is 11.6 Å². The van der Waals surface area contributed by atoms with E-state index in [0.717, 1.165) is 19.0 Å². The van der Waals surface area contributed by atoms with Gasteiger partial charge >= 0.3 is 0 Å². The van der Waals surface area contributed by atoms with Crippen LogP contribution in [0, 0.1) is 11.6 Å². The number of nitrogens with one attached hydrogen (secondary N) is 1. The van der Waals surface area contributed by atoms with Crippen molar-refractivity contribution in [3.63, 3.8) is 0 Å². The lowest BCUT2D eigenvalue weighted by atomic mass is 10.1. The van der Waals surface area contributed by atoms with Gasteiger partial charge in [-0.1, -0.05) is 6.07 Å². The van der Waals surface area contributed by atoms with E-state index in [1.54, 1.807) is 23.2 Å². The maximum absolute atomic E-state index is 13.6. The molecule has 8 nitrogen and oxygen atoms in total. The second kappa shape index (κ2) is 10.6. The zero-order valence-corrected chi connectivity index (χ0v) is 19.0. The van der Waals surface area contributed by atoms with E-state index in [9.17, 15) is 18.4 Å². The van der Waals surface area contributed by atoms with Gasteiger partial charge in [0.15, 0.2) is 11.6 Å². The van der Waals surface area contributed by atoms with Crippen LogP contribution >= 0.6 is 0 Å². The largest absolute Gasteiger partial charge is 0.496 e. The van der Waals surface area contributed by atoms with Crippen molar-refractivity contribution in [1.29, 1.82) is 0 Å². The summed E-state index contributed by atoms with van der Waals surface area (Å²) < 4.78 is 35.8. The van der Waals surface area contributed by atoms with Crippen molar-refractivity contribution >= 4 is 5.91 Å². The summed E-state index contributed by atoms with van der Waals surface area (Å²) in [5.74, 6) is -1.81. The number of nitrogens with zero attached hydrogens (tertiary/aromatic N) is 4. The molecule has 4 rings (SSSR count). The molecule has 1 aliphatic heterocycles. The van der Waals surface area contributed by atoms with Crippen molar-refractivity contribution in [3.8, 4) is 5.75 Å². The molecule has 0 aliphatic carbocycles. The molecule has 0 spiro atoms. The number of aromatic nitrogens is 3. The predicted octanol–water partition coefficient (Wildman–Crippen LogP) is 2.21. The van der Waals surface area contributed by atoms with Crippen LogP contribution in [0.25, 0.3) is 0 Å². The Kier molecular flexibility index (Phi) is 7.36. The zero-order chi connectivity index (χ0) is 24.1. The Hall–Kier alpha value is -3.53. The smallest absolute Gasteiger partial charge is 0.256 e.